The minimum Gasteiger partial charge on any atom is -0.465 e. The molecule has 0 aromatic heterocycles. The first kappa shape index (κ1) is 18.0. The van der Waals surface area contributed by atoms with E-state index in [9.17, 15) is 9.90 Å². The van der Waals surface area contributed by atoms with Crippen molar-refractivity contribution in [1.82, 2.24) is 4.90 Å². The number of nitrogens with zero attached hydrogens (tertiary/aromatic N) is 1. The maximum absolute atomic E-state index is 12.2. The van der Waals surface area contributed by atoms with Crippen molar-refractivity contribution in [3.8, 4) is 0 Å². The molecule has 0 heterocycles. The van der Waals surface area contributed by atoms with Crippen LogP contribution in [0.1, 0.15) is 50.1 Å². The van der Waals surface area contributed by atoms with E-state index in [2.05, 4.69) is 34.7 Å². The van der Waals surface area contributed by atoms with Gasteiger partial charge in [0, 0.05) is 23.3 Å². The summed E-state index contributed by atoms with van der Waals surface area (Å²) in [7, 11) is 1.70. The Balaban J connectivity index is 1.89. The van der Waals surface area contributed by atoms with E-state index in [-0.39, 0.29) is 12.1 Å². The molecule has 2 aliphatic rings. The van der Waals surface area contributed by atoms with Crippen LogP contribution in [-0.4, -0.2) is 35.9 Å². The molecule has 0 radical (unpaired) electrons. The minimum atomic E-state index is -0.769. The van der Waals surface area contributed by atoms with Crippen LogP contribution in [0.3, 0.4) is 0 Å². The summed E-state index contributed by atoms with van der Waals surface area (Å²) in [6.07, 6.45) is 5.65. The summed E-state index contributed by atoms with van der Waals surface area (Å²) in [6, 6.07) is 8.30. The summed E-state index contributed by atoms with van der Waals surface area (Å²) >= 11 is 2.33. The Morgan fingerprint density at radius 1 is 1.38 bits per heavy atom. The third-order valence-electron chi connectivity index (χ3n) is 5.70. The van der Waals surface area contributed by atoms with Crippen molar-refractivity contribution in [2.45, 2.75) is 50.6 Å². The van der Waals surface area contributed by atoms with Crippen LogP contribution >= 0.6 is 22.6 Å². The fourth-order valence-corrected chi connectivity index (χ4v) is 5.42. The summed E-state index contributed by atoms with van der Waals surface area (Å²) < 4.78 is 6.35. The molecule has 1 aromatic rings. The second-order valence-electron chi connectivity index (χ2n) is 7.10. The number of hydrogen-bond acceptors (Lipinski definition) is 2. The van der Waals surface area contributed by atoms with Gasteiger partial charge in [-0.3, -0.25) is 4.90 Å². The number of rotatable bonds is 7. The van der Waals surface area contributed by atoms with Gasteiger partial charge in [0.1, 0.15) is 0 Å². The van der Waals surface area contributed by atoms with Crippen LogP contribution < -0.4 is 0 Å². The number of fused-ring (bicyclic) bond motifs is 2. The quantitative estimate of drug-likeness (QED) is 0.481. The maximum atomic E-state index is 12.2. The average molecular weight is 443 g/mol. The second-order valence-corrected chi connectivity index (χ2v) is 8.27. The van der Waals surface area contributed by atoms with E-state index in [4.69, 9.17) is 4.74 Å². The van der Waals surface area contributed by atoms with Gasteiger partial charge in [0.05, 0.1) is 6.04 Å². The van der Waals surface area contributed by atoms with Gasteiger partial charge in [-0.05, 0) is 78.2 Å². The molecule has 2 saturated carbocycles. The van der Waals surface area contributed by atoms with Crippen LogP contribution in [0.25, 0.3) is 0 Å². The molecule has 1 amide bonds. The second kappa shape index (κ2) is 8.04. The van der Waals surface area contributed by atoms with Gasteiger partial charge in [0.2, 0.25) is 0 Å². The highest BCUT2D eigenvalue weighted by atomic mass is 127. The van der Waals surface area contributed by atoms with Crippen molar-refractivity contribution in [2.75, 3.05) is 13.7 Å². The van der Waals surface area contributed by atoms with Crippen molar-refractivity contribution in [1.29, 1.82) is 0 Å². The summed E-state index contributed by atoms with van der Waals surface area (Å²) in [5.41, 5.74) is 1.14. The van der Waals surface area contributed by atoms with Crippen LogP contribution in [0.15, 0.2) is 24.3 Å². The maximum Gasteiger partial charge on any atom is 0.408 e. The third-order valence-corrected chi connectivity index (χ3v) is 6.69. The molecule has 0 saturated heterocycles. The first-order valence-electron chi connectivity index (χ1n) is 8.86. The Hall–Kier alpha value is -0.820. The van der Waals surface area contributed by atoms with E-state index >= 15 is 0 Å². The zero-order valence-electron chi connectivity index (χ0n) is 14.2. The third kappa shape index (κ3) is 3.72. The molecule has 5 heteroatoms. The van der Waals surface area contributed by atoms with E-state index in [1.54, 1.807) is 12.0 Å². The van der Waals surface area contributed by atoms with Crippen LogP contribution in [0.4, 0.5) is 4.79 Å². The van der Waals surface area contributed by atoms with E-state index in [1.165, 1.54) is 19.3 Å². The molecule has 2 bridgehead atoms. The molecule has 4 nitrogen and oxygen atoms in total. The van der Waals surface area contributed by atoms with Gasteiger partial charge in [-0.1, -0.05) is 24.6 Å². The number of carboxylic acid groups (broad SMARTS) is 1. The number of hydrogen-bond donors (Lipinski definition) is 1. The van der Waals surface area contributed by atoms with Gasteiger partial charge in [0.15, 0.2) is 0 Å². The molecule has 4 atom stereocenters. The molecule has 3 rings (SSSR count). The number of benzene rings is 1. The van der Waals surface area contributed by atoms with Crippen LogP contribution in [0, 0.1) is 15.4 Å². The predicted molar refractivity (Wildman–Crippen MR) is 102 cm³/mol. The average Bonchev–Trinajstić information content (AvgIpc) is 3.17. The van der Waals surface area contributed by atoms with E-state index < -0.39 is 6.09 Å². The monoisotopic (exact) mass is 443 g/mol. The molecule has 3 unspecified atom stereocenters. The van der Waals surface area contributed by atoms with Gasteiger partial charge in [-0.15, -0.1) is 0 Å². The Kier molecular flexibility index (Phi) is 6.02. The number of amides is 1. The summed E-state index contributed by atoms with van der Waals surface area (Å²) in [4.78, 5) is 14.0. The molecular weight excluding hydrogens is 417 g/mol. The molecule has 0 spiro atoms. The lowest BCUT2D eigenvalue weighted by molar-refractivity contribution is 0.0693. The summed E-state index contributed by atoms with van der Waals surface area (Å²) in [5, 5.41) is 10.0. The normalized spacial score (nSPS) is 26.5. The van der Waals surface area contributed by atoms with Crippen LogP contribution in [-0.2, 0) is 4.74 Å². The zero-order valence-corrected chi connectivity index (χ0v) is 16.3. The molecule has 2 fully saturated rings. The van der Waals surface area contributed by atoms with Crippen molar-refractivity contribution < 1.29 is 14.6 Å². The van der Waals surface area contributed by atoms with Crippen molar-refractivity contribution in [3.05, 3.63) is 33.4 Å². The van der Waals surface area contributed by atoms with E-state index in [1.807, 2.05) is 12.1 Å². The Labute approximate surface area is 157 Å². The predicted octanol–water partition coefficient (Wildman–Crippen LogP) is 4.93. The Morgan fingerprint density at radius 2 is 2.17 bits per heavy atom. The number of methoxy groups -OCH3 is 1. The molecule has 1 aromatic carbocycles. The van der Waals surface area contributed by atoms with Gasteiger partial charge < -0.3 is 9.84 Å². The smallest absolute Gasteiger partial charge is 0.408 e. The minimum absolute atomic E-state index is 0.0740. The molecule has 0 aliphatic heterocycles. The highest BCUT2D eigenvalue weighted by molar-refractivity contribution is 14.1. The van der Waals surface area contributed by atoms with E-state index in [0.29, 0.717) is 12.5 Å². The molecular formula is C19H26INO3. The topological polar surface area (TPSA) is 49.8 Å². The lowest BCUT2D eigenvalue weighted by atomic mass is 9.90. The largest absolute Gasteiger partial charge is 0.465 e. The highest BCUT2D eigenvalue weighted by Crippen LogP contribution is 2.49. The van der Waals surface area contributed by atoms with Crippen molar-refractivity contribution in [3.63, 3.8) is 0 Å². The van der Waals surface area contributed by atoms with Crippen molar-refractivity contribution in [2.24, 2.45) is 11.8 Å². The van der Waals surface area contributed by atoms with Gasteiger partial charge in [-0.25, -0.2) is 4.79 Å². The first-order valence-corrected chi connectivity index (χ1v) is 9.94. The van der Waals surface area contributed by atoms with Crippen molar-refractivity contribution >= 4 is 28.7 Å². The zero-order chi connectivity index (χ0) is 17.1. The van der Waals surface area contributed by atoms with E-state index in [0.717, 1.165) is 34.3 Å². The van der Waals surface area contributed by atoms with Gasteiger partial charge in [0.25, 0.3) is 0 Å². The first-order chi connectivity index (χ1) is 11.6. The van der Waals surface area contributed by atoms with Crippen LogP contribution in [0.5, 0.6) is 0 Å². The fourth-order valence-electron chi connectivity index (χ4n) is 4.67. The Morgan fingerprint density at radius 3 is 2.75 bits per heavy atom. The molecule has 132 valence electrons. The standard InChI is InChI=1S/C19H26INO3/c1-24-10-4-7-17(15-5-2-3-6-16(15)20)21(19(22)23)18-12-13-8-9-14(18)11-13/h2-3,5-6,13-14,17-18H,4,7-12H2,1H3,(H,22,23)/t13?,14?,17-,18?/m0/s1. The Bertz CT molecular complexity index is 579. The van der Waals surface area contributed by atoms with Gasteiger partial charge in [-0.2, -0.15) is 0 Å². The summed E-state index contributed by atoms with van der Waals surface area (Å²) in [5.74, 6) is 1.29. The number of carbonyl (C=O) groups is 1. The molecule has 1 N–H and O–H groups in total. The summed E-state index contributed by atoms with van der Waals surface area (Å²) in [6.45, 7) is 0.671. The lowest BCUT2D eigenvalue weighted by Crippen LogP contribution is -2.45. The SMILES string of the molecule is COCCC[C@@H](c1ccccc1I)N(C(=O)O)C1CC2CCC1C2. The number of halogens is 1. The molecule has 24 heavy (non-hydrogen) atoms. The number of ether oxygens (including phenoxy) is 1. The fraction of sp³-hybridized carbons (Fsp3) is 0.632. The van der Waals surface area contributed by atoms with Crippen LogP contribution in [0.2, 0.25) is 0 Å². The van der Waals surface area contributed by atoms with Gasteiger partial charge >= 0.3 is 6.09 Å². The highest BCUT2D eigenvalue weighted by Gasteiger charge is 2.46. The molecule has 2 aliphatic carbocycles. The lowest BCUT2D eigenvalue weighted by Gasteiger charge is -2.39.